The molecule has 1 rings (SSSR count). The third-order valence-corrected chi connectivity index (χ3v) is 2.59. The maximum Gasteiger partial charge on any atom is 0.139 e. The molecule has 0 atom stereocenters. The van der Waals surface area contributed by atoms with E-state index in [9.17, 15) is 0 Å². The Morgan fingerprint density at radius 3 is 2.40 bits per heavy atom. The lowest BCUT2D eigenvalue weighted by Crippen LogP contribution is -2.34. The Morgan fingerprint density at radius 2 is 1.93 bits per heavy atom. The standard InChI is InChI=1S/C11H15Cl2NO/c1-11(2,14)6-7-4-8(12)5-9(15-3)10(7)13/h4-5H,6,14H2,1-3H3. The molecule has 0 unspecified atom stereocenters. The molecule has 0 amide bonds. The van der Waals surface area contributed by atoms with Gasteiger partial charge < -0.3 is 10.5 Å². The van der Waals surface area contributed by atoms with Gasteiger partial charge in [0.15, 0.2) is 0 Å². The van der Waals surface area contributed by atoms with Gasteiger partial charge in [0.1, 0.15) is 5.75 Å². The Kier molecular flexibility index (Phi) is 3.87. The van der Waals surface area contributed by atoms with Crippen molar-refractivity contribution in [2.75, 3.05) is 7.11 Å². The predicted molar refractivity (Wildman–Crippen MR) is 65.0 cm³/mol. The fourth-order valence-corrected chi connectivity index (χ4v) is 1.87. The SMILES string of the molecule is COc1cc(Cl)cc(CC(C)(C)N)c1Cl. The average Bonchev–Trinajstić information content (AvgIpc) is 2.08. The third kappa shape index (κ3) is 3.56. The first kappa shape index (κ1) is 12.6. The topological polar surface area (TPSA) is 35.2 Å². The van der Waals surface area contributed by atoms with Gasteiger partial charge in [0.05, 0.1) is 12.1 Å². The van der Waals surface area contributed by atoms with Gasteiger partial charge in [-0.2, -0.15) is 0 Å². The van der Waals surface area contributed by atoms with E-state index in [0.717, 1.165) is 5.56 Å². The molecule has 0 aliphatic carbocycles. The van der Waals surface area contributed by atoms with Crippen molar-refractivity contribution in [3.8, 4) is 5.75 Å². The van der Waals surface area contributed by atoms with Gasteiger partial charge in [-0.15, -0.1) is 0 Å². The quantitative estimate of drug-likeness (QED) is 0.890. The Morgan fingerprint density at radius 1 is 1.33 bits per heavy atom. The fourth-order valence-electron chi connectivity index (χ4n) is 1.39. The summed E-state index contributed by atoms with van der Waals surface area (Å²) in [4.78, 5) is 0. The third-order valence-electron chi connectivity index (χ3n) is 1.95. The van der Waals surface area contributed by atoms with Gasteiger partial charge in [0, 0.05) is 16.6 Å². The maximum absolute atomic E-state index is 6.15. The molecule has 0 fully saturated rings. The van der Waals surface area contributed by atoms with Gasteiger partial charge in [0.2, 0.25) is 0 Å². The van der Waals surface area contributed by atoms with Gasteiger partial charge in [-0.05, 0) is 31.9 Å². The number of hydrogen-bond donors (Lipinski definition) is 1. The van der Waals surface area contributed by atoms with Gasteiger partial charge in [-0.1, -0.05) is 23.2 Å². The van der Waals surface area contributed by atoms with Crippen LogP contribution in [0.4, 0.5) is 0 Å². The van der Waals surface area contributed by atoms with E-state index >= 15 is 0 Å². The van der Waals surface area contributed by atoms with Crippen molar-refractivity contribution >= 4 is 23.2 Å². The summed E-state index contributed by atoms with van der Waals surface area (Å²) in [7, 11) is 1.56. The molecular weight excluding hydrogens is 233 g/mol. The predicted octanol–water partition coefficient (Wildman–Crippen LogP) is 3.28. The molecule has 1 aromatic rings. The van der Waals surface area contributed by atoms with Crippen LogP contribution in [0, 0.1) is 0 Å². The minimum absolute atomic E-state index is 0.320. The molecule has 84 valence electrons. The zero-order valence-electron chi connectivity index (χ0n) is 9.10. The summed E-state index contributed by atoms with van der Waals surface area (Å²) in [6, 6.07) is 3.51. The Balaban J connectivity index is 3.12. The molecule has 0 saturated carbocycles. The first-order chi connectivity index (χ1) is 6.83. The summed E-state index contributed by atoms with van der Waals surface area (Å²) >= 11 is 12.1. The van der Waals surface area contributed by atoms with Crippen molar-refractivity contribution in [2.24, 2.45) is 5.73 Å². The van der Waals surface area contributed by atoms with E-state index in [1.165, 1.54) is 0 Å². The van der Waals surface area contributed by atoms with Crippen LogP contribution >= 0.6 is 23.2 Å². The maximum atomic E-state index is 6.15. The molecule has 2 N–H and O–H groups in total. The van der Waals surface area contributed by atoms with Crippen LogP contribution in [0.15, 0.2) is 12.1 Å². The summed E-state index contributed by atoms with van der Waals surface area (Å²) in [5.74, 6) is 0.586. The summed E-state index contributed by atoms with van der Waals surface area (Å²) in [6.45, 7) is 3.88. The number of ether oxygens (including phenoxy) is 1. The second-order valence-electron chi connectivity index (χ2n) is 4.25. The van der Waals surface area contributed by atoms with Crippen LogP contribution in [0.25, 0.3) is 0 Å². The zero-order chi connectivity index (χ0) is 11.6. The lowest BCUT2D eigenvalue weighted by atomic mass is 9.96. The number of methoxy groups -OCH3 is 1. The number of rotatable bonds is 3. The van der Waals surface area contributed by atoms with Crippen molar-refractivity contribution in [1.29, 1.82) is 0 Å². The lowest BCUT2D eigenvalue weighted by molar-refractivity contribution is 0.413. The first-order valence-electron chi connectivity index (χ1n) is 4.64. The highest BCUT2D eigenvalue weighted by atomic mass is 35.5. The molecule has 0 aliphatic heterocycles. The second kappa shape index (κ2) is 4.60. The van der Waals surface area contributed by atoms with Crippen molar-refractivity contribution in [1.82, 2.24) is 0 Å². The van der Waals surface area contributed by atoms with E-state index in [2.05, 4.69) is 0 Å². The van der Waals surface area contributed by atoms with E-state index < -0.39 is 0 Å². The number of nitrogens with two attached hydrogens (primary N) is 1. The first-order valence-corrected chi connectivity index (χ1v) is 5.40. The summed E-state index contributed by atoms with van der Waals surface area (Å²) in [5.41, 5.74) is 6.53. The molecule has 0 heterocycles. The van der Waals surface area contributed by atoms with Crippen molar-refractivity contribution in [2.45, 2.75) is 25.8 Å². The molecule has 4 heteroatoms. The van der Waals surface area contributed by atoms with Crippen molar-refractivity contribution in [3.05, 3.63) is 27.7 Å². The largest absolute Gasteiger partial charge is 0.495 e. The van der Waals surface area contributed by atoms with E-state index in [1.807, 2.05) is 19.9 Å². The second-order valence-corrected chi connectivity index (χ2v) is 5.06. The molecule has 1 aromatic carbocycles. The van der Waals surface area contributed by atoms with E-state index in [-0.39, 0.29) is 5.54 Å². The molecule has 0 radical (unpaired) electrons. The van der Waals surface area contributed by atoms with E-state index in [4.69, 9.17) is 33.7 Å². The molecule has 0 spiro atoms. The van der Waals surface area contributed by atoms with Gasteiger partial charge in [-0.25, -0.2) is 0 Å². The molecule has 2 nitrogen and oxygen atoms in total. The zero-order valence-corrected chi connectivity index (χ0v) is 10.6. The number of halogens is 2. The monoisotopic (exact) mass is 247 g/mol. The molecule has 0 aliphatic rings. The van der Waals surface area contributed by atoms with Crippen LogP contribution in [-0.2, 0) is 6.42 Å². The molecule has 0 bridgehead atoms. The Hall–Kier alpha value is -0.440. The summed E-state index contributed by atoms with van der Waals surface area (Å²) in [6.07, 6.45) is 0.656. The molecule has 0 aromatic heterocycles. The van der Waals surface area contributed by atoms with Gasteiger partial charge >= 0.3 is 0 Å². The van der Waals surface area contributed by atoms with E-state index in [1.54, 1.807) is 13.2 Å². The van der Waals surface area contributed by atoms with Gasteiger partial charge in [-0.3, -0.25) is 0 Å². The minimum atomic E-state index is -0.320. The lowest BCUT2D eigenvalue weighted by Gasteiger charge is -2.20. The highest BCUT2D eigenvalue weighted by Crippen LogP contribution is 2.33. The van der Waals surface area contributed by atoms with Crippen LogP contribution in [0.5, 0.6) is 5.75 Å². The molecular formula is C11H15Cl2NO. The minimum Gasteiger partial charge on any atom is -0.495 e. The molecule has 15 heavy (non-hydrogen) atoms. The molecule has 0 saturated heterocycles. The van der Waals surface area contributed by atoms with Crippen LogP contribution in [-0.4, -0.2) is 12.6 Å². The highest BCUT2D eigenvalue weighted by Gasteiger charge is 2.16. The summed E-state index contributed by atoms with van der Waals surface area (Å²) < 4.78 is 5.12. The van der Waals surface area contributed by atoms with Crippen LogP contribution in [0.3, 0.4) is 0 Å². The van der Waals surface area contributed by atoms with Crippen LogP contribution in [0.2, 0.25) is 10.0 Å². The average molecular weight is 248 g/mol. The van der Waals surface area contributed by atoms with E-state index in [0.29, 0.717) is 22.2 Å². The number of hydrogen-bond acceptors (Lipinski definition) is 2. The highest BCUT2D eigenvalue weighted by molar-refractivity contribution is 6.34. The fraction of sp³-hybridized carbons (Fsp3) is 0.455. The van der Waals surface area contributed by atoms with Gasteiger partial charge in [0.25, 0.3) is 0 Å². The van der Waals surface area contributed by atoms with Crippen molar-refractivity contribution in [3.63, 3.8) is 0 Å². The van der Waals surface area contributed by atoms with Crippen LogP contribution < -0.4 is 10.5 Å². The smallest absolute Gasteiger partial charge is 0.139 e. The summed E-state index contributed by atoms with van der Waals surface area (Å²) in [5, 5.41) is 1.19. The normalized spacial score (nSPS) is 11.6. The Bertz CT molecular complexity index is 358. The number of benzene rings is 1. The van der Waals surface area contributed by atoms with Crippen LogP contribution in [0.1, 0.15) is 19.4 Å². The van der Waals surface area contributed by atoms with Crippen molar-refractivity contribution < 1.29 is 4.74 Å². The Labute approximate surface area is 100 Å².